The Kier molecular flexibility index (Phi) is 8.97. The number of benzene rings is 1. The number of hydrogen-bond acceptors (Lipinski definition) is 6. The number of sulfonamides is 2. The number of nitrogens with zero attached hydrogens (tertiary/aromatic N) is 1. The molecule has 0 spiro atoms. The van der Waals surface area contributed by atoms with Crippen molar-refractivity contribution in [1.82, 2.24) is 9.03 Å². The number of piperidine rings is 1. The van der Waals surface area contributed by atoms with E-state index in [1.165, 1.54) is 18.2 Å². The maximum Gasteiger partial charge on any atom is 0.389 e. The van der Waals surface area contributed by atoms with E-state index in [2.05, 4.69) is 4.72 Å². The number of rotatable bonds is 8. The summed E-state index contributed by atoms with van der Waals surface area (Å²) < 4.78 is 97.4. The first kappa shape index (κ1) is 29.8. The van der Waals surface area contributed by atoms with Gasteiger partial charge >= 0.3 is 12.1 Å². The summed E-state index contributed by atoms with van der Waals surface area (Å²) in [6.45, 7) is 4.34. The van der Waals surface area contributed by atoms with Gasteiger partial charge in [0.2, 0.25) is 20.0 Å². The van der Waals surface area contributed by atoms with Gasteiger partial charge in [0.25, 0.3) is 0 Å². The molecule has 200 valence electrons. The van der Waals surface area contributed by atoms with E-state index >= 15 is 0 Å². The molecule has 1 aliphatic heterocycles. The molecule has 0 bridgehead atoms. The fourth-order valence-electron chi connectivity index (χ4n) is 3.77. The standard InChI is InChI=1S/C21H30ClF3N2O6S2/c1-19(2,3)33-18(28)16-13-15(22)5-6-17(16)35(31,32)27-11-9-20(10-12-27,7-8-21(23,24)25)14-26-34(4,29)30/h5-6,13,26H,7-12,14H2,1-4H3. The molecular formula is C21H30ClF3N2O6S2. The summed E-state index contributed by atoms with van der Waals surface area (Å²) in [6.07, 6.45) is -5.00. The number of carbonyl (C=O) groups excluding carboxylic acids is 1. The zero-order valence-electron chi connectivity index (χ0n) is 19.9. The quantitative estimate of drug-likeness (QED) is 0.480. The van der Waals surface area contributed by atoms with Crippen molar-refractivity contribution in [2.75, 3.05) is 25.9 Å². The number of esters is 1. The molecule has 0 saturated carbocycles. The van der Waals surface area contributed by atoms with Gasteiger partial charge in [0.1, 0.15) is 5.60 Å². The van der Waals surface area contributed by atoms with Gasteiger partial charge in [-0.25, -0.2) is 26.4 Å². The maximum absolute atomic E-state index is 13.4. The summed E-state index contributed by atoms with van der Waals surface area (Å²) in [6, 6.07) is 3.69. The number of alkyl halides is 3. The first-order valence-corrected chi connectivity index (χ1v) is 14.5. The molecule has 1 aromatic rings. The summed E-state index contributed by atoms with van der Waals surface area (Å²) in [4.78, 5) is 12.4. The van der Waals surface area contributed by atoms with E-state index in [-0.39, 0.29) is 54.4 Å². The third kappa shape index (κ3) is 8.88. The van der Waals surface area contributed by atoms with Gasteiger partial charge in [-0.15, -0.1) is 0 Å². The molecule has 1 aromatic carbocycles. The van der Waals surface area contributed by atoms with Gasteiger partial charge in [0.15, 0.2) is 0 Å². The minimum absolute atomic E-state index is 0.000189. The lowest BCUT2D eigenvalue weighted by Crippen LogP contribution is -2.48. The van der Waals surface area contributed by atoms with E-state index in [1.54, 1.807) is 20.8 Å². The van der Waals surface area contributed by atoms with Crippen LogP contribution in [0.5, 0.6) is 0 Å². The van der Waals surface area contributed by atoms with Crippen LogP contribution in [-0.4, -0.2) is 64.8 Å². The zero-order valence-corrected chi connectivity index (χ0v) is 22.3. The van der Waals surface area contributed by atoms with Crippen molar-refractivity contribution in [2.45, 2.75) is 63.1 Å². The third-order valence-electron chi connectivity index (χ3n) is 5.61. The predicted molar refractivity (Wildman–Crippen MR) is 125 cm³/mol. The average molecular weight is 563 g/mol. The fourth-order valence-corrected chi connectivity index (χ4v) is 6.11. The highest BCUT2D eigenvalue weighted by molar-refractivity contribution is 7.89. The Morgan fingerprint density at radius 3 is 2.20 bits per heavy atom. The predicted octanol–water partition coefficient (Wildman–Crippen LogP) is 3.96. The molecule has 0 radical (unpaired) electrons. The molecule has 1 fully saturated rings. The topological polar surface area (TPSA) is 110 Å². The molecular weight excluding hydrogens is 533 g/mol. The van der Waals surface area contributed by atoms with Crippen molar-refractivity contribution < 1.29 is 39.5 Å². The largest absolute Gasteiger partial charge is 0.456 e. The second-order valence-corrected chi connectivity index (χ2v) is 13.9. The summed E-state index contributed by atoms with van der Waals surface area (Å²) >= 11 is 5.98. The van der Waals surface area contributed by atoms with Gasteiger partial charge in [-0.05, 0) is 63.6 Å². The third-order valence-corrected chi connectivity index (χ3v) is 8.47. The number of hydrogen-bond donors (Lipinski definition) is 1. The first-order chi connectivity index (χ1) is 15.7. The molecule has 0 aromatic heterocycles. The molecule has 0 unspecified atom stereocenters. The average Bonchev–Trinajstić information content (AvgIpc) is 2.69. The second kappa shape index (κ2) is 10.5. The molecule has 2 rings (SSSR count). The van der Waals surface area contributed by atoms with Crippen molar-refractivity contribution >= 4 is 37.6 Å². The molecule has 8 nitrogen and oxygen atoms in total. The SMILES string of the molecule is CC(C)(C)OC(=O)c1cc(Cl)ccc1S(=O)(=O)N1CCC(CCC(F)(F)F)(CNS(C)(=O)=O)CC1. The Bertz CT molecular complexity index is 1140. The minimum Gasteiger partial charge on any atom is -0.456 e. The van der Waals surface area contributed by atoms with Crippen LogP contribution in [0, 0.1) is 5.41 Å². The van der Waals surface area contributed by atoms with Gasteiger partial charge in [-0.1, -0.05) is 11.6 Å². The molecule has 0 atom stereocenters. The Morgan fingerprint density at radius 2 is 1.71 bits per heavy atom. The van der Waals surface area contributed by atoms with Crippen LogP contribution >= 0.6 is 11.6 Å². The van der Waals surface area contributed by atoms with Crippen LogP contribution in [0.25, 0.3) is 0 Å². The highest BCUT2D eigenvalue weighted by atomic mass is 35.5. The maximum atomic E-state index is 13.4. The minimum atomic E-state index is -4.44. The number of carbonyl (C=O) groups is 1. The van der Waals surface area contributed by atoms with Crippen molar-refractivity contribution in [3.05, 3.63) is 28.8 Å². The smallest absolute Gasteiger partial charge is 0.389 e. The van der Waals surface area contributed by atoms with Crippen LogP contribution in [0.15, 0.2) is 23.1 Å². The number of nitrogens with one attached hydrogen (secondary N) is 1. The number of halogens is 4. The monoisotopic (exact) mass is 562 g/mol. The highest BCUT2D eigenvalue weighted by Gasteiger charge is 2.42. The number of ether oxygens (including phenoxy) is 1. The second-order valence-electron chi connectivity index (χ2n) is 9.75. The van der Waals surface area contributed by atoms with E-state index in [1.807, 2.05) is 0 Å². The van der Waals surface area contributed by atoms with Crippen LogP contribution in [0.3, 0.4) is 0 Å². The van der Waals surface area contributed by atoms with Crippen molar-refractivity contribution in [1.29, 1.82) is 0 Å². The zero-order chi connectivity index (χ0) is 26.9. The lowest BCUT2D eigenvalue weighted by atomic mass is 9.75. The first-order valence-electron chi connectivity index (χ1n) is 10.8. The highest BCUT2D eigenvalue weighted by Crippen LogP contribution is 2.40. The van der Waals surface area contributed by atoms with Crippen LogP contribution in [0.1, 0.15) is 56.8 Å². The molecule has 0 aliphatic carbocycles. The van der Waals surface area contributed by atoms with E-state index < -0.39 is 49.6 Å². The van der Waals surface area contributed by atoms with Crippen LogP contribution in [0.2, 0.25) is 5.02 Å². The van der Waals surface area contributed by atoms with Crippen molar-refractivity contribution in [2.24, 2.45) is 5.41 Å². The molecule has 1 heterocycles. The van der Waals surface area contributed by atoms with Gasteiger partial charge < -0.3 is 4.74 Å². The van der Waals surface area contributed by atoms with Gasteiger partial charge in [0, 0.05) is 31.1 Å². The Balaban J connectivity index is 2.31. The molecule has 35 heavy (non-hydrogen) atoms. The lowest BCUT2D eigenvalue weighted by molar-refractivity contribution is -0.142. The molecule has 1 saturated heterocycles. The summed E-state index contributed by atoms with van der Waals surface area (Å²) in [5.41, 5.74) is -2.21. The lowest BCUT2D eigenvalue weighted by Gasteiger charge is -2.41. The van der Waals surface area contributed by atoms with Crippen molar-refractivity contribution in [3.8, 4) is 0 Å². The van der Waals surface area contributed by atoms with Gasteiger partial charge in [-0.2, -0.15) is 17.5 Å². The van der Waals surface area contributed by atoms with Crippen LogP contribution in [-0.2, 0) is 24.8 Å². The summed E-state index contributed by atoms with van der Waals surface area (Å²) in [5, 5.41) is 0.126. The van der Waals surface area contributed by atoms with E-state index in [9.17, 15) is 34.8 Å². The van der Waals surface area contributed by atoms with E-state index in [0.29, 0.717) is 0 Å². The molecule has 1 N–H and O–H groups in total. The van der Waals surface area contributed by atoms with E-state index in [4.69, 9.17) is 16.3 Å². The van der Waals surface area contributed by atoms with Crippen molar-refractivity contribution in [3.63, 3.8) is 0 Å². The Hall–Kier alpha value is -1.41. The summed E-state index contributed by atoms with van der Waals surface area (Å²) in [7, 11) is -7.90. The van der Waals surface area contributed by atoms with Gasteiger partial charge in [-0.3, -0.25) is 0 Å². The normalized spacial score (nSPS) is 17.8. The summed E-state index contributed by atoms with van der Waals surface area (Å²) in [5.74, 6) is -0.882. The molecule has 1 aliphatic rings. The van der Waals surface area contributed by atoms with Crippen LogP contribution < -0.4 is 4.72 Å². The Morgan fingerprint density at radius 1 is 1.14 bits per heavy atom. The van der Waals surface area contributed by atoms with E-state index in [0.717, 1.165) is 10.6 Å². The van der Waals surface area contributed by atoms with Gasteiger partial charge in [0.05, 0.1) is 16.7 Å². The molecule has 0 amide bonds. The molecule has 14 heteroatoms. The Labute approximate surface area is 209 Å². The fraction of sp³-hybridized carbons (Fsp3) is 0.667. The van der Waals surface area contributed by atoms with Crippen LogP contribution in [0.4, 0.5) is 13.2 Å².